The maximum atomic E-state index is 12.5. The van der Waals surface area contributed by atoms with Crippen LogP contribution < -0.4 is 16.0 Å². The number of amides is 2. The standard InChI is InChI=1S/C18H24ClN3O2/c19-15-9-8-13(22-18(24)16-7-4-10-20-16)11-14(15)17(23)21-12-5-2-1-3-6-12/h8-9,11-12,16,20H,1-7,10H2,(H,21,23)(H,22,24). The molecular weight excluding hydrogens is 326 g/mol. The van der Waals surface area contributed by atoms with E-state index in [2.05, 4.69) is 16.0 Å². The zero-order valence-corrected chi connectivity index (χ0v) is 14.5. The quantitative estimate of drug-likeness (QED) is 0.782. The molecule has 1 heterocycles. The van der Waals surface area contributed by atoms with Gasteiger partial charge in [-0.25, -0.2) is 0 Å². The second-order valence-corrected chi connectivity index (χ2v) is 7.05. The van der Waals surface area contributed by atoms with Crippen LogP contribution in [0.1, 0.15) is 55.3 Å². The Kier molecular flexibility index (Phi) is 5.74. The van der Waals surface area contributed by atoms with Crippen LogP contribution in [0, 0.1) is 0 Å². The molecule has 3 N–H and O–H groups in total. The first-order chi connectivity index (χ1) is 11.6. The molecule has 0 aromatic heterocycles. The van der Waals surface area contributed by atoms with Crippen molar-refractivity contribution in [3.05, 3.63) is 28.8 Å². The van der Waals surface area contributed by atoms with Crippen molar-refractivity contribution >= 4 is 29.1 Å². The molecule has 24 heavy (non-hydrogen) atoms. The fourth-order valence-electron chi connectivity index (χ4n) is 3.42. The smallest absolute Gasteiger partial charge is 0.253 e. The normalized spacial score (nSPS) is 21.5. The van der Waals surface area contributed by atoms with Crippen LogP contribution in [0.5, 0.6) is 0 Å². The minimum atomic E-state index is -0.165. The van der Waals surface area contributed by atoms with E-state index in [9.17, 15) is 9.59 Å². The van der Waals surface area contributed by atoms with E-state index in [-0.39, 0.29) is 23.9 Å². The predicted octanol–water partition coefficient (Wildman–Crippen LogP) is 3.09. The maximum absolute atomic E-state index is 12.5. The van der Waals surface area contributed by atoms with E-state index in [0.717, 1.165) is 45.1 Å². The Hall–Kier alpha value is -1.59. The molecule has 1 atom stereocenters. The Morgan fingerprint density at radius 1 is 1.08 bits per heavy atom. The third-order valence-electron chi connectivity index (χ3n) is 4.80. The first kappa shape index (κ1) is 17.2. The first-order valence-electron chi connectivity index (χ1n) is 8.78. The van der Waals surface area contributed by atoms with Gasteiger partial charge in [-0.3, -0.25) is 9.59 Å². The fraction of sp³-hybridized carbons (Fsp3) is 0.556. The summed E-state index contributed by atoms with van der Waals surface area (Å²) in [5.41, 5.74) is 1.02. The van der Waals surface area contributed by atoms with Crippen molar-refractivity contribution in [3.63, 3.8) is 0 Å². The third kappa shape index (κ3) is 4.28. The number of anilines is 1. The number of carbonyl (C=O) groups excluding carboxylic acids is 2. The molecule has 2 fully saturated rings. The van der Waals surface area contributed by atoms with Crippen LogP contribution >= 0.6 is 11.6 Å². The topological polar surface area (TPSA) is 70.2 Å². The number of hydrogen-bond donors (Lipinski definition) is 3. The third-order valence-corrected chi connectivity index (χ3v) is 5.13. The highest BCUT2D eigenvalue weighted by molar-refractivity contribution is 6.34. The van der Waals surface area contributed by atoms with Crippen molar-refractivity contribution in [2.24, 2.45) is 0 Å². The van der Waals surface area contributed by atoms with Gasteiger partial charge in [0.05, 0.1) is 16.6 Å². The summed E-state index contributed by atoms with van der Waals surface area (Å²) in [4.78, 5) is 24.7. The second kappa shape index (κ2) is 7.99. The van der Waals surface area contributed by atoms with Gasteiger partial charge in [0.15, 0.2) is 0 Å². The van der Waals surface area contributed by atoms with Crippen LogP contribution in [-0.4, -0.2) is 30.4 Å². The fourth-order valence-corrected chi connectivity index (χ4v) is 3.63. The molecule has 0 bridgehead atoms. The highest BCUT2D eigenvalue weighted by Gasteiger charge is 2.23. The molecule has 1 saturated carbocycles. The van der Waals surface area contributed by atoms with E-state index in [1.54, 1.807) is 18.2 Å². The van der Waals surface area contributed by atoms with Crippen molar-refractivity contribution in [1.82, 2.24) is 10.6 Å². The van der Waals surface area contributed by atoms with Gasteiger partial charge in [0.2, 0.25) is 5.91 Å². The summed E-state index contributed by atoms with van der Waals surface area (Å²) in [6.45, 7) is 0.869. The average Bonchev–Trinajstić information content (AvgIpc) is 3.12. The predicted molar refractivity (Wildman–Crippen MR) is 95.4 cm³/mol. The molecule has 1 aliphatic carbocycles. The molecule has 2 aliphatic rings. The van der Waals surface area contributed by atoms with Gasteiger partial charge in [-0.1, -0.05) is 30.9 Å². The molecule has 1 aliphatic heterocycles. The van der Waals surface area contributed by atoms with E-state index >= 15 is 0 Å². The maximum Gasteiger partial charge on any atom is 0.253 e. The summed E-state index contributed by atoms with van der Waals surface area (Å²) in [5, 5.41) is 9.50. The number of halogens is 1. The molecule has 2 amide bonds. The summed E-state index contributed by atoms with van der Waals surface area (Å²) in [7, 11) is 0. The van der Waals surface area contributed by atoms with Crippen LogP contribution in [0.4, 0.5) is 5.69 Å². The number of nitrogens with one attached hydrogen (secondary N) is 3. The molecule has 1 aromatic carbocycles. The van der Waals surface area contributed by atoms with Gasteiger partial charge in [-0.15, -0.1) is 0 Å². The zero-order valence-electron chi connectivity index (χ0n) is 13.7. The van der Waals surface area contributed by atoms with Gasteiger partial charge in [-0.05, 0) is 50.4 Å². The van der Waals surface area contributed by atoms with E-state index < -0.39 is 0 Å². The number of benzene rings is 1. The first-order valence-corrected chi connectivity index (χ1v) is 9.16. The van der Waals surface area contributed by atoms with E-state index in [1.807, 2.05) is 0 Å². The minimum Gasteiger partial charge on any atom is -0.349 e. The van der Waals surface area contributed by atoms with Crippen molar-refractivity contribution in [3.8, 4) is 0 Å². The van der Waals surface area contributed by atoms with Crippen LogP contribution in [0.3, 0.4) is 0 Å². The number of rotatable bonds is 4. The molecule has 1 saturated heterocycles. The van der Waals surface area contributed by atoms with E-state index in [0.29, 0.717) is 16.3 Å². The Labute approximate surface area is 147 Å². The molecule has 0 radical (unpaired) electrons. The Balaban J connectivity index is 1.66. The summed E-state index contributed by atoms with van der Waals surface area (Å²) in [5.74, 6) is -0.226. The molecule has 1 unspecified atom stereocenters. The Bertz CT molecular complexity index is 608. The Morgan fingerprint density at radius 2 is 1.88 bits per heavy atom. The van der Waals surface area contributed by atoms with Crippen LogP contribution in [0.15, 0.2) is 18.2 Å². The van der Waals surface area contributed by atoms with Crippen LogP contribution in [0.25, 0.3) is 0 Å². The SMILES string of the molecule is O=C(NC1CCCCC1)c1cc(NC(=O)C2CCCN2)ccc1Cl. The highest BCUT2D eigenvalue weighted by Crippen LogP contribution is 2.23. The van der Waals surface area contributed by atoms with Crippen molar-refractivity contribution in [2.45, 2.75) is 57.0 Å². The lowest BCUT2D eigenvalue weighted by Crippen LogP contribution is -2.37. The average molecular weight is 350 g/mol. The number of hydrogen-bond acceptors (Lipinski definition) is 3. The van der Waals surface area contributed by atoms with Crippen molar-refractivity contribution < 1.29 is 9.59 Å². The lowest BCUT2D eigenvalue weighted by Gasteiger charge is -2.23. The minimum absolute atomic E-state index is 0.0616. The molecule has 6 heteroatoms. The Morgan fingerprint density at radius 3 is 2.58 bits per heavy atom. The monoisotopic (exact) mass is 349 g/mol. The summed E-state index contributed by atoms with van der Waals surface area (Å²) in [6, 6.07) is 5.12. The lowest BCUT2D eigenvalue weighted by molar-refractivity contribution is -0.117. The number of carbonyl (C=O) groups is 2. The second-order valence-electron chi connectivity index (χ2n) is 6.64. The largest absolute Gasteiger partial charge is 0.349 e. The van der Waals surface area contributed by atoms with Gasteiger partial charge >= 0.3 is 0 Å². The van der Waals surface area contributed by atoms with Gasteiger partial charge in [0.25, 0.3) is 5.91 Å². The van der Waals surface area contributed by atoms with Crippen molar-refractivity contribution in [1.29, 1.82) is 0 Å². The highest BCUT2D eigenvalue weighted by atomic mass is 35.5. The summed E-state index contributed by atoms with van der Waals surface area (Å²) < 4.78 is 0. The van der Waals surface area contributed by atoms with E-state index in [1.165, 1.54) is 6.42 Å². The molecule has 130 valence electrons. The van der Waals surface area contributed by atoms with Gasteiger partial charge < -0.3 is 16.0 Å². The van der Waals surface area contributed by atoms with E-state index in [4.69, 9.17) is 11.6 Å². The van der Waals surface area contributed by atoms with Crippen LogP contribution in [-0.2, 0) is 4.79 Å². The van der Waals surface area contributed by atoms with Gasteiger partial charge in [0.1, 0.15) is 0 Å². The lowest BCUT2D eigenvalue weighted by atomic mass is 9.95. The summed E-state index contributed by atoms with van der Waals surface area (Å²) >= 11 is 6.19. The molecular formula is C18H24ClN3O2. The molecule has 1 aromatic rings. The molecule has 3 rings (SSSR count). The van der Waals surface area contributed by atoms with Crippen LogP contribution in [0.2, 0.25) is 5.02 Å². The zero-order chi connectivity index (χ0) is 16.9. The van der Waals surface area contributed by atoms with Gasteiger partial charge in [-0.2, -0.15) is 0 Å². The molecule has 0 spiro atoms. The van der Waals surface area contributed by atoms with Gasteiger partial charge in [0, 0.05) is 11.7 Å². The molecule has 5 nitrogen and oxygen atoms in total. The summed E-state index contributed by atoms with van der Waals surface area (Å²) in [6.07, 6.45) is 7.44. The van der Waals surface area contributed by atoms with Crippen molar-refractivity contribution in [2.75, 3.05) is 11.9 Å².